The first-order valence-electron chi connectivity index (χ1n) is 9.19. The van der Waals surface area contributed by atoms with Crippen LogP contribution in [0.25, 0.3) is 5.69 Å². The summed E-state index contributed by atoms with van der Waals surface area (Å²) in [6.45, 7) is 8.97. The molecular formula is C21H26N4OS. The lowest BCUT2D eigenvalue weighted by Gasteiger charge is -2.13. The van der Waals surface area contributed by atoms with Crippen LogP contribution in [0.1, 0.15) is 53.1 Å². The molecule has 0 fully saturated rings. The lowest BCUT2D eigenvalue weighted by Crippen LogP contribution is -2.23. The lowest BCUT2D eigenvalue weighted by atomic mass is 9.98. The molecule has 27 heavy (non-hydrogen) atoms. The standard InChI is InChI=1S/C21H26N4OS/c1-15-16(14-25(24-15)17-10-6-5-7-11-17)9-8-12-22-19(26)18-13-23-20(27-18)21(2,3)4/h5-7,10-11,13-14H,8-9,12H2,1-4H3,(H,22,26). The van der Waals surface area contributed by atoms with Crippen molar-refractivity contribution in [3.8, 4) is 5.69 Å². The van der Waals surface area contributed by atoms with Crippen molar-refractivity contribution in [1.29, 1.82) is 0 Å². The number of hydrogen-bond donors (Lipinski definition) is 1. The van der Waals surface area contributed by atoms with Crippen LogP contribution < -0.4 is 5.32 Å². The normalized spacial score (nSPS) is 11.6. The average Bonchev–Trinajstić information content (AvgIpc) is 3.26. The highest BCUT2D eigenvalue weighted by molar-refractivity contribution is 7.13. The fraction of sp³-hybridized carbons (Fsp3) is 0.381. The zero-order valence-corrected chi connectivity index (χ0v) is 17.1. The maximum absolute atomic E-state index is 12.3. The Morgan fingerprint density at radius 2 is 1.96 bits per heavy atom. The molecule has 1 N–H and O–H groups in total. The Balaban J connectivity index is 1.51. The van der Waals surface area contributed by atoms with Crippen molar-refractivity contribution >= 4 is 17.2 Å². The maximum Gasteiger partial charge on any atom is 0.263 e. The average molecular weight is 383 g/mol. The third-order valence-electron chi connectivity index (χ3n) is 4.30. The SMILES string of the molecule is Cc1nn(-c2ccccc2)cc1CCCNC(=O)c1cnc(C(C)(C)C)s1. The van der Waals surface area contributed by atoms with Gasteiger partial charge < -0.3 is 5.32 Å². The van der Waals surface area contributed by atoms with E-state index >= 15 is 0 Å². The highest BCUT2D eigenvalue weighted by Gasteiger charge is 2.20. The third-order valence-corrected chi connectivity index (χ3v) is 5.72. The molecule has 0 atom stereocenters. The number of hydrogen-bond acceptors (Lipinski definition) is 4. The van der Waals surface area contributed by atoms with Gasteiger partial charge in [-0.2, -0.15) is 5.10 Å². The molecule has 0 spiro atoms. The summed E-state index contributed by atoms with van der Waals surface area (Å²) in [5.74, 6) is -0.0419. The number of carbonyl (C=O) groups is 1. The summed E-state index contributed by atoms with van der Waals surface area (Å²) in [4.78, 5) is 17.3. The topological polar surface area (TPSA) is 59.8 Å². The Labute approximate surface area is 164 Å². The predicted octanol–water partition coefficient (Wildman–Crippen LogP) is 4.30. The molecule has 5 nitrogen and oxygen atoms in total. The van der Waals surface area contributed by atoms with Crippen molar-refractivity contribution in [2.45, 2.75) is 46.0 Å². The second kappa shape index (κ2) is 8.05. The highest BCUT2D eigenvalue weighted by Crippen LogP contribution is 2.26. The number of nitrogens with one attached hydrogen (secondary N) is 1. The molecule has 142 valence electrons. The highest BCUT2D eigenvalue weighted by atomic mass is 32.1. The van der Waals surface area contributed by atoms with E-state index < -0.39 is 0 Å². The number of aryl methyl sites for hydroxylation is 2. The summed E-state index contributed by atoms with van der Waals surface area (Å²) in [5, 5.41) is 8.57. The van der Waals surface area contributed by atoms with Gasteiger partial charge in [-0.3, -0.25) is 4.79 Å². The first kappa shape index (κ1) is 19.3. The van der Waals surface area contributed by atoms with Gasteiger partial charge in [-0.1, -0.05) is 39.0 Å². The molecule has 0 aliphatic rings. The second-order valence-corrected chi connectivity index (χ2v) is 8.69. The van der Waals surface area contributed by atoms with Gasteiger partial charge in [-0.25, -0.2) is 9.67 Å². The van der Waals surface area contributed by atoms with E-state index in [1.54, 1.807) is 6.20 Å². The monoisotopic (exact) mass is 382 g/mol. The van der Waals surface area contributed by atoms with E-state index in [0.717, 1.165) is 29.2 Å². The van der Waals surface area contributed by atoms with Crippen molar-refractivity contribution in [2.75, 3.05) is 6.54 Å². The van der Waals surface area contributed by atoms with Crippen molar-refractivity contribution < 1.29 is 4.79 Å². The molecular weight excluding hydrogens is 356 g/mol. The van der Waals surface area contributed by atoms with Crippen molar-refractivity contribution in [1.82, 2.24) is 20.1 Å². The molecule has 0 aliphatic carbocycles. The van der Waals surface area contributed by atoms with E-state index in [-0.39, 0.29) is 11.3 Å². The molecule has 0 unspecified atom stereocenters. The van der Waals surface area contributed by atoms with Crippen LogP contribution in [0.3, 0.4) is 0 Å². The number of nitrogens with zero attached hydrogens (tertiary/aromatic N) is 3. The van der Waals surface area contributed by atoms with E-state index in [1.165, 1.54) is 16.9 Å². The molecule has 3 rings (SSSR count). The van der Waals surface area contributed by atoms with Gasteiger partial charge in [0.15, 0.2) is 0 Å². The van der Waals surface area contributed by atoms with Crippen LogP contribution in [0.4, 0.5) is 0 Å². The van der Waals surface area contributed by atoms with E-state index in [9.17, 15) is 4.79 Å². The van der Waals surface area contributed by atoms with Crippen LogP contribution in [0, 0.1) is 6.92 Å². The van der Waals surface area contributed by atoms with Gasteiger partial charge >= 0.3 is 0 Å². The quantitative estimate of drug-likeness (QED) is 0.647. The second-order valence-electron chi connectivity index (χ2n) is 7.66. The van der Waals surface area contributed by atoms with Gasteiger partial charge in [-0.05, 0) is 37.5 Å². The van der Waals surface area contributed by atoms with E-state index in [2.05, 4.69) is 42.4 Å². The van der Waals surface area contributed by atoms with Crippen LogP contribution >= 0.6 is 11.3 Å². The number of para-hydroxylation sites is 1. The largest absolute Gasteiger partial charge is 0.351 e. The van der Waals surface area contributed by atoms with Crippen LogP contribution in [0.2, 0.25) is 0 Å². The molecule has 0 saturated carbocycles. The maximum atomic E-state index is 12.3. The molecule has 2 aromatic heterocycles. The van der Waals surface area contributed by atoms with Gasteiger partial charge in [0.25, 0.3) is 5.91 Å². The summed E-state index contributed by atoms with van der Waals surface area (Å²) in [6, 6.07) is 10.1. The first-order chi connectivity index (χ1) is 12.8. The van der Waals surface area contributed by atoms with Crippen molar-refractivity contribution in [2.24, 2.45) is 0 Å². The van der Waals surface area contributed by atoms with E-state index in [1.807, 2.05) is 41.9 Å². The minimum Gasteiger partial charge on any atom is -0.351 e. The molecule has 0 aliphatic heterocycles. The van der Waals surface area contributed by atoms with Crippen LogP contribution in [-0.4, -0.2) is 27.2 Å². The third kappa shape index (κ3) is 4.83. The molecule has 0 radical (unpaired) electrons. The molecule has 3 aromatic rings. The Bertz CT molecular complexity index is 906. The van der Waals surface area contributed by atoms with E-state index in [4.69, 9.17) is 0 Å². The van der Waals surface area contributed by atoms with E-state index in [0.29, 0.717) is 11.4 Å². The molecule has 6 heteroatoms. The summed E-state index contributed by atoms with van der Waals surface area (Å²) >= 11 is 1.47. The molecule has 1 amide bonds. The minimum absolute atomic E-state index is 0.0281. The van der Waals surface area contributed by atoms with Gasteiger partial charge in [0.1, 0.15) is 4.88 Å². The number of benzene rings is 1. The summed E-state index contributed by atoms with van der Waals surface area (Å²) in [6.07, 6.45) is 5.51. The summed E-state index contributed by atoms with van der Waals surface area (Å²) in [5.41, 5.74) is 3.27. The zero-order valence-electron chi connectivity index (χ0n) is 16.3. The molecule has 0 saturated heterocycles. The van der Waals surface area contributed by atoms with Gasteiger partial charge in [-0.15, -0.1) is 11.3 Å². The fourth-order valence-corrected chi connectivity index (χ4v) is 3.64. The van der Waals surface area contributed by atoms with Crippen molar-refractivity contribution in [3.63, 3.8) is 0 Å². The van der Waals surface area contributed by atoms with Crippen LogP contribution in [0.5, 0.6) is 0 Å². The molecule has 0 bridgehead atoms. The van der Waals surface area contributed by atoms with Gasteiger partial charge in [0.05, 0.1) is 22.6 Å². The number of thiazole rings is 1. The summed E-state index contributed by atoms with van der Waals surface area (Å²) in [7, 11) is 0. The smallest absolute Gasteiger partial charge is 0.263 e. The Hall–Kier alpha value is -2.47. The van der Waals surface area contributed by atoms with Gasteiger partial charge in [0.2, 0.25) is 0 Å². The van der Waals surface area contributed by atoms with Crippen LogP contribution in [0.15, 0.2) is 42.7 Å². The Kier molecular flexibility index (Phi) is 5.75. The van der Waals surface area contributed by atoms with Crippen LogP contribution in [-0.2, 0) is 11.8 Å². The lowest BCUT2D eigenvalue weighted by molar-refractivity contribution is 0.0957. The number of aromatic nitrogens is 3. The van der Waals surface area contributed by atoms with Crippen molar-refractivity contribution in [3.05, 3.63) is 63.9 Å². The molecule has 2 heterocycles. The predicted molar refractivity (Wildman–Crippen MR) is 110 cm³/mol. The number of amides is 1. The molecule has 1 aromatic carbocycles. The Morgan fingerprint density at radius 3 is 2.63 bits per heavy atom. The summed E-state index contributed by atoms with van der Waals surface area (Å²) < 4.78 is 1.91. The Morgan fingerprint density at radius 1 is 1.22 bits per heavy atom. The number of rotatable bonds is 6. The minimum atomic E-state index is -0.0419. The fourth-order valence-electron chi connectivity index (χ4n) is 2.75. The van der Waals surface area contributed by atoms with Gasteiger partial charge in [0, 0.05) is 18.2 Å². The number of carbonyl (C=O) groups excluding carboxylic acids is 1. The first-order valence-corrected chi connectivity index (χ1v) is 10.0. The zero-order chi connectivity index (χ0) is 19.4.